The molecule has 23 heavy (non-hydrogen) atoms. The van der Waals surface area contributed by atoms with E-state index in [-0.39, 0.29) is 0 Å². The molecular formula is C23H26. The summed E-state index contributed by atoms with van der Waals surface area (Å²) in [6.45, 7) is 2.27. The Labute approximate surface area is 139 Å². The van der Waals surface area contributed by atoms with Gasteiger partial charge in [-0.2, -0.15) is 0 Å². The second kappa shape index (κ2) is 4.97. The highest BCUT2D eigenvalue weighted by atomic mass is 14.5. The fraction of sp³-hybridized carbons (Fsp3) is 0.478. The summed E-state index contributed by atoms with van der Waals surface area (Å²) >= 11 is 0. The largest absolute Gasteiger partial charge is 0.0851 e. The molecule has 3 aliphatic rings. The van der Waals surface area contributed by atoms with E-state index in [1.807, 2.05) is 0 Å². The summed E-state index contributed by atoms with van der Waals surface area (Å²) in [5.74, 6) is 1.66. The molecule has 0 aromatic heterocycles. The maximum Gasteiger partial charge on any atom is 0.00246 e. The molecule has 1 spiro atoms. The van der Waals surface area contributed by atoms with Gasteiger partial charge in [-0.3, -0.25) is 0 Å². The molecule has 0 heterocycles. The first-order chi connectivity index (χ1) is 11.3. The van der Waals surface area contributed by atoms with E-state index in [0.29, 0.717) is 5.41 Å². The van der Waals surface area contributed by atoms with Crippen LogP contribution in [0.2, 0.25) is 0 Å². The number of benzene rings is 2. The second-order valence-corrected chi connectivity index (χ2v) is 8.14. The van der Waals surface area contributed by atoms with Gasteiger partial charge in [-0.25, -0.2) is 0 Å². The van der Waals surface area contributed by atoms with E-state index in [0.717, 1.165) is 11.8 Å². The van der Waals surface area contributed by atoms with E-state index in [2.05, 4.69) is 49.4 Å². The number of fused-ring (bicyclic) bond motifs is 6. The van der Waals surface area contributed by atoms with Crippen molar-refractivity contribution in [2.24, 2.45) is 11.8 Å². The molecule has 0 radical (unpaired) electrons. The van der Waals surface area contributed by atoms with Crippen LogP contribution in [0, 0.1) is 11.8 Å². The van der Waals surface area contributed by atoms with Crippen LogP contribution in [0.5, 0.6) is 0 Å². The number of hydrogen-bond acceptors (Lipinski definition) is 0. The molecule has 2 aromatic rings. The average molecular weight is 302 g/mol. The minimum Gasteiger partial charge on any atom is -0.0851 e. The molecule has 0 saturated heterocycles. The SMILES string of the molecule is CCCc1ccc2cc3c(cc2c1)C1(CCC3)CC2C=CC1C2. The topological polar surface area (TPSA) is 0 Å². The van der Waals surface area contributed by atoms with Gasteiger partial charge in [0, 0.05) is 5.41 Å². The molecular weight excluding hydrogens is 276 g/mol. The van der Waals surface area contributed by atoms with Crippen molar-refractivity contribution in [3.05, 3.63) is 59.2 Å². The molecule has 5 rings (SSSR count). The molecule has 3 unspecified atom stereocenters. The minimum atomic E-state index is 0.474. The molecule has 2 bridgehead atoms. The normalized spacial score (nSPS) is 31.2. The van der Waals surface area contributed by atoms with Crippen molar-refractivity contribution in [1.82, 2.24) is 0 Å². The van der Waals surface area contributed by atoms with Gasteiger partial charge in [0.2, 0.25) is 0 Å². The zero-order valence-electron chi connectivity index (χ0n) is 14.1. The summed E-state index contributed by atoms with van der Waals surface area (Å²) in [5.41, 5.74) is 5.33. The van der Waals surface area contributed by atoms with Gasteiger partial charge in [-0.05, 0) is 77.8 Å². The van der Waals surface area contributed by atoms with Crippen LogP contribution in [0.3, 0.4) is 0 Å². The molecule has 1 fully saturated rings. The second-order valence-electron chi connectivity index (χ2n) is 8.14. The van der Waals surface area contributed by atoms with Crippen LogP contribution in [-0.2, 0) is 18.3 Å². The van der Waals surface area contributed by atoms with Gasteiger partial charge in [0.15, 0.2) is 0 Å². The van der Waals surface area contributed by atoms with Crippen molar-refractivity contribution in [1.29, 1.82) is 0 Å². The Morgan fingerprint density at radius 3 is 2.83 bits per heavy atom. The van der Waals surface area contributed by atoms with E-state index in [9.17, 15) is 0 Å². The van der Waals surface area contributed by atoms with Crippen LogP contribution >= 0.6 is 0 Å². The number of aryl methyl sites for hydroxylation is 2. The lowest BCUT2D eigenvalue weighted by atomic mass is 9.63. The quantitative estimate of drug-likeness (QED) is 0.600. The number of allylic oxidation sites excluding steroid dienone is 2. The summed E-state index contributed by atoms with van der Waals surface area (Å²) in [4.78, 5) is 0. The van der Waals surface area contributed by atoms with Crippen molar-refractivity contribution in [2.45, 2.75) is 57.3 Å². The predicted octanol–water partition coefficient (Wildman–Crippen LogP) is 5.96. The van der Waals surface area contributed by atoms with Gasteiger partial charge in [-0.1, -0.05) is 55.8 Å². The van der Waals surface area contributed by atoms with Crippen molar-refractivity contribution in [2.75, 3.05) is 0 Å². The van der Waals surface area contributed by atoms with E-state index in [1.54, 1.807) is 11.1 Å². The maximum atomic E-state index is 2.58. The van der Waals surface area contributed by atoms with E-state index in [4.69, 9.17) is 0 Å². The zero-order valence-corrected chi connectivity index (χ0v) is 14.1. The molecule has 3 atom stereocenters. The van der Waals surface area contributed by atoms with E-state index >= 15 is 0 Å². The third-order valence-electron chi connectivity index (χ3n) is 6.78. The first-order valence-corrected chi connectivity index (χ1v) is 9.53. The first-order valence-electron chi connectivity index (χ1n) is 9.53. The first kappa shape index (κ1) is 13.8. The summed E-state index contributed by atoms with van der Waals surface area (Å²) in [6, 6.07) is 12.2. The third kappa shape index (κ3) is 1.97. The summed E-state index contributed by atoms with van der Waals surface area (Å²) in [6.07, 6.45) is 14.3. The molecule has 118 valence electrons. The van der Waals surface area contributed by atoms with Gasteiger partial charge >= 0.3 is 0 Å². The van der Waals surface area contributed by atoms with Crippen molar-refractivity contribution >= 4 is 10.8 Å². The highest BCUT2D eigenvalue weighted by molar-refractivity contribution is 5.85. The zero-order chi connectivity index (χ0) is 15.4. The molecule has 0 N–H and O–H groups in total. The van der Waals surface area contributed by atoms with Crippen molar-refractivity contribution in [3.8, 4) is 0 Å². The Bertz CT molecular complexity index is 797. The van der Waals surface area contributed by atoms with Gasteiger partial charge in [0.25, 0.3) is 0 Å². The average Bonchev–Trinajstić information content (AvgIpc) is 3.16. The van der Waals surface area contributed by atoms with Gasteiger partial charge < -0.3 is 0 Å². The summed E-state index contributed by atoms with van der Waals surface area (Å²) in [7, 11) is 0. The van der Waals surface area contributed by atoms with Gasteiger partial charge in [0.05, 0.1) is 0 Å². The molecule has 0 aliphatic heterocycles. The minimum absolute atomic E-state index is 0.474. The third-order valence-corrected chi connectivity index (χ3v) is 6.78. The van der Waals surface area contributed by atoms with Crippen molar-refractivity contribution < 1.29 is 0 Å². The van der Waals surface area contributed by atoms with Gasteiger partial charge in [0.1, 0.15) is 0 Å². The smallest absolute Gasteiger partial charge is 0.00246 e. The highest BCUT2D eigenvalue weighted by Crippen LogP contribution is 2.58. The Morgan fingerprint density at radius 1 is 1.09 bits per heavy atom. The number of rotatable bonds is 2. The molecule has 0 amide bonds. The lowest BCUT2D eigenvalue weighted by molar-refractivity contribution is 0.304. The standard InChI is InChI=1S/C23H26/c1-2-4-16-6-8-18-13-19-5-3-10-23(22(19)14-20(18)11-16)15-17-7-9-21(23)12-17/h6-9,11,13-14,17,21H,2-5,10,12,15H2,1H3. The fourth-order valence-corrected chi connectivity index (χ4v) is 5.79. The Morgan fingerprint density at radius 2 is 2.04 bits per heavy atom. The lowest BCUT2D eigenvalue weighted by Gasteiger charge is -2.41. The van der Waals surface area contributed by atoms with Crippen LogP contribution in [0.15, 0.2) is 42.5 Å². The summed E-state index contributed by atoms with van der Waals surface area (Å²) < 4.78 is 0. The van der Waals surface area contributed by atoms with E-state index < -0.39 is 0 Å². The lowest BCUT2D eigenvalue weighted by Crippen LogP contribution is -2.35. The Balaban J connectivity index is 1.68. The van der Waals surface area contributed by atoms with Crippen LogP contribution in [0.4, 0.5) is 0 Å². The molecule has 0 nitrogen and oxygen atoms in total. The summed E-state index contributed by atoms with van der Waals surface area (Å²) in [5, 5.41) is 2.92. The molecule has 0 heteroatoms. The number of hydrogen-bond donors (Lipinski definition) is 0. The highest BCUT2D eigenvalue weighted by Gasteiger charge is 2.50. The van der Waals surface area contributed by atoms with Crippen LogP contribution in [-0.4, -0.2) is 0 Å². The Kier molecular flexibility index (Phi) is 2.99. The van der Waals surface area contributed by atoms with Gasteiger partial charge in [-0.15, -0.1) is 0 Å². The van der Waals surface area contributed by atoms with Crippen LogP contribution in [0.25, 0.3) is 10.8 Å². The molecule has 2 aromatic carbocycles. The predicted molar refractivity (Wildman–Crippen MR) is 97.9 cm³/mol. The molecule has 3 aliphatic carbocycles. The van der Waals surface area contributed by atoms with E-state index in [1.165, 1.54) is 61.3 Å². The maximum absolute atomic E-state index is 2.58. The van der Waals surface area contributed by atoms with Crippen LogP contribution in [0.1, 0.15) is 55.7 Å². The monoisotopic (exact) mass is 302 g/mol. The fourth-order valence-electron chi connectivity index (χ4n) is 5.79. The Hall–Kier alpha value is -1.56. The molecule has 1 saturated carbocycles. The van der Waals surface area contributed by atoms with Crippen molar-refractivity contribution in [3.63, 3.8) is 0 Å². The van der Waals surface area contributed by atoms with Crippen LogP contribution < -0.4 is 0 Å².